The average Bonchev–Trinajstić information content (AvgIpc) is 2.95. The first-order valence-corrected chi connectivity index (χ1v) is 14.7. The van der Waals surface area contributed by atoms with Gasteiger partial charge in [0.2, 0.25) is 5.88 Å². The lowest BCUT2D eigenvalue weighted by Gasteiger charge is -2.15. The smallest absolute Gasteiger partial charge is 0.421 e. The minimum absolute atomic E-state index is 0.0171. The molecule has 0 atom stereocenters. The quantitative estimate of drug-likeness (QED) is 0.180. The first-order chi connectivity index (χ1) is 20.5. The summed E-state index contributed by atoms with van der Waals surface area (Å²) in [7, 11) is -2.63. The highest BCUT2D eigenvalue weighted by Crippen LogP contribution is 2.36. The van der Waals surface area contributed by atoms with Crippen LogP contribution in [0.15, 0.2) is 60.8 Å². The van der Waals surface area contributed by atoms with Crippen LogP contribution in [0.4, 0.5) is 23.7 Å². The number of benzene rings is 2. The number of carbonyl (C=O) groups is 1. The average molecular weight is 647 g/mol. The Labute approximate surface area is 251 Å². The van der Waals surface area contributed by atoms with Gasteiger partial charge >= 0.3 is 22.5 Å². The molecule has 0 fully saturated rings. The minimum Gasteiger partial charge on any atom is -0.491 e. The van der Waals surface area contributed by atoms with Crippen LogP contribution >= 0.6 is 11.6 Å². The maximum Gasteiger partial charge on any atom is 0.421 e. The van der Waals surface area contributed by atoms with Crippen molar-refractivity contribution in [3.8, 4) is 17.4 Å². The fraction of sp³-hybridized carbons (Fsp3) is 0.333. The van der Waals surface area contributed by atoms with Crippen LogP contribution in [0.2, 0.25) is 5.02 Å². The maximum atomic E-state index is 13.0. The van der Waals surface area contributed by atoms with Crippen LogP contribution < -0.4 is 24.2 Å². The molecule has 0 spiro atoms. The molecule has 0 aliphatic carbocycles. The number of methoxy groups -OCH3 is 1. The number of hydrogen-bond donors (Lipinski definition) is 3. The van der Waals surface area contributed by atoms with Gasteiger partial charge in [0.1, 0.15) is 23.1 Å². The third-order valence-corrected chi connectivity index (χ3v) is 6.79. The van der Waals surface area contributed by atoms with Gasteiger partial charge in [-0.15, -0.1) is 0 Å². The number of carbonyl (C=O) groups excluding carboxylic acids is 1. The summed E-state index contributed by atoms with van der Waals surface area (Å²) in [6, 6.07) is 14.7. The van der Waals surface area contributed by atoms with Gasteiger partial charge in [0.25, 0.3) is 0 Å². The highest BCUT2D eigenvalue weighted by molar-refractivity contribution is 7.88. The van der Waals surface area contributed by atoms with E-state index in [4.69, 9.17) is 30.5 Å². The fourth-order valence-corrected chi connectivity index (χ4v) is 4.41. The second-order valence-electron chi connectivity index (χ2n) is 8.75. The molecule has 234 valence electrons. The Hall–Kier alpha value is -3.79. The highest BCUT2D eigenvalue weighted by Gasteiger charge is 2.32. The van der Waals surface area contributed by atoms with Crippen LogP contribution in [0, 0.1) is 0 Å². The Bertz CT molecular complexity index is 1450. The Kier molecular flexibility index (Phi) is 12.7. The Balaban J connectivity index is 1.53. The first-order valence-electron chi connectivity index (χ1n) is 12.8. The van der Waals surface area contributed by atoms with E-state index >= 15 is 0 Å². The molecular formula is C27H30ClF3N4O7S. The third-order valence-electron chi connectivity index (χ3n) is 5.50. The van der Waals surface area contributed by atoms with E-state index in [2.05, 4.69) is 15.0 Å². The lowest BCUT2D eigenvalue weighted by Crippen LogP contribution is -2.42. The van der Waals surface area contributed by atoms with Gasteiger partial charge in [0.15, 0.2) is 0 Å². The zero-order valence-electron chi connectivity index (χ0n) is 22.9. The van der Waals surface area contributed by atoms with Crippen molar-refractivity contribution < 1.29 is 45.3 Å². The SMILES string of the molecule is COCCOc1ccc(CCCOC(=O)NS(=O)(=O)NCCNc2ccccc2)c(Oc2ncc(C(F)(F)F)cc2Cl)c1. The van der Waals surface area contributed by atoms with Crippen molar-refractivity contribution in [1.29, 1.82) is 0 Å². The molecule has 3 aromatic rings. The number of rotatable bonds is 16. The number of aryl methyl sites for hydroxylation is 1. The van der Waals surface area contributed by atoms with Gasteiger partial charge < -0.3 is 24.3 Å². The van der Waals surface area contributed by atoms with E-state index in [9.17, 15) is 26.4 Å². The molecule has 0 saturated heterocycles. The van der Waals surface area contributed by atoms with Gasteiger partial charge in [-0.2, -0.15) is 26.3 Å². The second kappa shape index (κ2) is 16.2. The molecule has 0 bridgehead atoms. The molecule has 11 nitrogen and oxygen atoms in total. The zero-order chi connectivity index (χ0) is 31.3. The number of anilines is 1. The largest absolute Gasteiger partial charge is 0.491 e. The van der Waals surface area contributed by atoms with Crippen LogP contribution in [-0.2, 0) is 32.3 Å². The van der Waals surface area contributed by atoms with Crippen molar-refractivity contribution in [2.24, 2.45) is 0 Å². The predicted octanol–water partition coefficient (Wildman–Crippen LogP) is 5.18. The third kappa shape index (κ3) is 11.8. The topological polar surface area (TPSA) is 137 Å². The number of halogens is 4. The van der Waals surface area contributed by atoms with Crippen molar-refractivity contribution in [3.63, 3.8) is 0 Å². The highest BCUT2D eigenvalue weighted by atomic mass is 35.5. The van der Waals surface area contributed by atoms with E-state index in [-0.39, 0.29) is 55.8 Å². The summed E-state index contributed by atoms with van der Waals surface area (Å²) in [5.41, 5.74) is 0.355. The molecular weight excluding hydrogens is 617 g/mol. The molecule has 0 aliphatic rings. The summed E-state index contributed by atoms with van der Waals surface area (Å²) < 4.78 is 88.4. The summed E-state index contributed by atoms with van der Waals surface area (Å²) in [6.45, 7) is 0.705. The molecule has 0 unspecified atom stereocenters. The van der Waals surface area contributed by atoms with E-state index in [1.165, 1.54) is 13.2 Å². The maximum absolute atomic E-state index is 13.0. The predicted molar refractivity (Wildman–Crippen MR) is 153 cm³/mol. The Morgan fingerprint density at radius 2 is 1.79 bits per heavy atom. The van der Waals surface area contributed by atoms with Crippen LogP contribution in [0.1, 0.15) is 17.5 Å². The standard InChI is InChI=1S/C27H30ClF3N4O7S/c1-39-14-15-40-22-10-9-19(24(17-22)42-25-23(28)16-20(18-33-25)27(29,30)31)6-5-13-41-26(36)35-43(37,38)34-12-11-32-21-7-3-2-4-8-21/h2-4,7-10,16-18,32,34H,5-6,11-15H2,1H3,(H,35,36). The fourth-order valence-electron chi connectivity index (χ4n) is 3.48. The molecule has 0 aliphatic heterocycles. The van der Waals surface area contributed by atoms with E-state index in [1.54, 1.807) is 16.9 Å². The number of ether oxygens (including phenoxy) is 4. The summed E-state index contributed by atoms with van der Waals surface area (Å²) in [5.74, 6) is 0.341. The van der Waals surface area contributed by atoms with Crippen molar-refractivity contribution in [1.82, 2.24) is 14.4 Å². The van der Waals surface area contributed by atoms with Gasteiger partial charge in [0.05, 0.1) is 18.8 Å². The number of pyridine rings is 1. The molecule has 16 heteroatoms. The van der Waals surface area contributed by atoms with Gasteiger partial charge in [-0.25, -0.2) is 14.5 Å². The van der Waals surface area contributed by atoms with Gasteiger partial charge in [0, 0.05) is 38.1 Å². The summed E-state index contributed by atoms with van der Waals surface area (Å²) >= 11 is 6.00. The van der Waals surface area contributed by atoms with Crippen molar-refractivity contribution in [3.05, 3.63) is 76.9 Å². The zero-order valence-corrected chi connectivity index (χ0v) is 24.5. The van der Waals surface area contributed by atoms with Crippen molar-refractivity contribution >= 4 is 33.6 Å². The summed E-state index contributed by atoms with van der Waals surface area (Å²) in [5, 5.41) is 2.67. The molecule has 0 radical (unpaired) electrons. The number of alkyl halides is 3. The molecule has 1 heterocycles. The van der Waals surface area contributed by atoms with Crippen LogP contribution in [0.3, 0.4) is 0 Å². The van der Waals surface area contributed by atoms with Gasteiger partial charge in [-0.05, 0) is 42.7 Å². The van der Waals surface area contributed by atoms with E-state index in [0.717, 1.165) is 5.69 Å². The van der Waals surface area contributed by atoms with Crippen molar-refractivity contribution in [2.75, 3.05) is 45.3 Å². The first kappa shape index (κ1) is 33.7. The number of nitrogens with zero attached hydrogens (tertiary/aromatic N) is 1. The van der Waals surface area contributed by atoms with Gasteiger partial charge in [-0.1, -0.05) is 35.9 Å². The van der Waals surface area contributed by atoms with Crippen molar-refractivity contribution in [2.45, 2.75) is 19.0 Å². The number of aromatic nitrogens is 1. The van der Waals surface area contributed by atoms with E-state index in [1.807, 2.05) is 30.3 Å². The summed E-state index contributed by atoms with van der Waals surface area (Å²) in [6.07, 6.45) is -4.67. The van der Waals surface area contributed by atoms with Crippen LogP contribution in [-0.4, -0.2) is 59.5 Å². The number of nitrogens with one attached hydrogen (secondary N) is 3. The molecule has 3 rings (SSSR count). The minimum atomic E-state index is -4.63. The normalized spacial score (nSPS) is 11.6. The molecule has 2 aromatic carbocycles. The van der Waals surface area contributed by atoms with E-state index in [0.29, 0.717) is 30.2 Å². The lowest BCUT2D eigenvalue weighted by molar-refractivity contribution is -0.137. The lowest BCUT2D eigenvalue weighted by atomic mass is 10.1. The Morgan fingerprint density at radius 1 is 1.02 bits per heavy atom. The number of amides is 1. The van der Waals surface area contributed by atoms with E-state index < -0.39 is 28.0 Å². The molecule has 1 aromatic heterocycles. The Morgan fingerprint density at radius 3 is 2.49 bits per heavy atom. The van der Waals surface area contributed by atoms with Gasteiger partial charge in [-0.3, -0.25) is 0 Å². The molecule has 43 heavy (non-hydrogen) atoms. The summed E-state index contributed by atoms with van der Waals surface area (Å²) in [4.78, 5) is 15.7. The monoisotopic (exact) mass is 646 g/mol. The van der Waals surface area contributed by atoms with Crippen LogP contribution in [0.5, 0.6) is 17.4 Å². The molecule has 1 amide bonds. The molecule has 3 N–H and O–H groups in total. The second-order valence-corrected chi connectivity index (χ2v) is 10.7. The number of hydrogen-bond acceptors (Lipinski definition) is 9. The molecule has 0 saturated carbocycles. The number of para-hydroxylation sites is 1. The van der Waals surface area contributed by atoms with Crippen LogP contribution in [0.25, 0.3) is 0 Å².